The number of ether oxygens (including phenoxy) is 6. The van der Waals surface area contributed by atoms with Gasteiger partial charge in [-0.25, -0.2) is 0 Å². The van der Waals surface area contributed by atoms with E-state index >= 15 is 0 Å². The molecule has 1 amide bonds. The van der Waals surface area contributed by atoms with E-state index in [1.54, 1.807) is 4.90 Å². The van der Waals surface area contributed by atoms with Gasteiger partial charge in [0, 0.05) is 31.7 Å². The molecule has 0 aromatic carbocycles. The first kappa shape index (κ1) is 58.7. The molecule has 0 aromatic heterocycles. The Bertz CT molecular complexity index is 1660. The van der Waals surface area contributed by atoms with Crippen molar-refractivity contribution in [2.75, 3.05) is 65.9 Å². The molecule has 76 heavy (non-hydrogen) atoms. The lowest BCUT2D eigenvalue weighted by atomic mass is 9.82. The predicted octanol–water partition coefficient (Wildman–Crippen LogP) is 10.5. The van der Waals surface area contributed by atoms with Crippen molar-refractivity contribution in [2.45, 2.75) is 198 Å². The maximum Gasteiger partial charge on any atom is 0.309 e. The van der Waals surface area contributed by atoms with E-state index in [1.807, 2.05) is 14.1 Å². The number of amides is 1. The van der Waals surface area contributed by atoms with Gasteiger partial charge in [0.2, 0.25) is 0 Å². The predicted molar refractivity (Wildman–Crippen MR) is 287 cm³/mol. The Morgan fingerprint density at radius 2 is 0.684 bits per heavy atom. The third kappa shape index (κ3) is 17.5. The summed E-state index contributed by atoms with van der Waals surface area (Å²) in [6, 6.07) is 0. The van der Waals surface area contributed by atoms with Gasteiger partial charge in [0.25, 0.3) is 5.24 Å². The van der Waals surface area contributed by atoms with E-state index in [-0.39, 0.29) is 118 Å². The SMILES string of the molecule is CN(C)CCCSC(=O)N(CCCC(=O)OC(COC(=O)C1CC2CCCCC2C1)COC(=O)C1CC2CCCCC2C1)CCCC(=O)OC(COC(=O)C1CC2CCCCC2C1)COC(=O)C1CC2CCCCC2C1. The molecule has 0 saturated heterocycles. The number of hydrogen-bond donors (Lipinski definition) is 0. The molecule has 0 radical (unpaired) electrons. The summed E-state index contributed by atoms with van der Waals surface area (Å²) in [6.07, 6.45) is 24.8. The van der Waals surface area contributed by atoms with Gasteiger partial charge in [-0.05, 0) is 139 Å². The lowest BCUT2D eigenvalue weighted by Gasteiger charge is -2.24. The van der Waals surface area contributed by atoms with Crippen molar-refractivity contribution in [1.82, 2.24) is 9.80 Å². The van der Waals surface area contributed by atoms with Crippen LogP contribution in [0.25, 0.3) is 0 Å². The maximum atomic E-state index is 13.7. The molecular weight excluding hydrogens is 989 g/mol. The quantitative estimate of drug-likeness (QED) is 0.0453. The molecule has 8 saturated carbocycles. The number of nitrogens with zero attached hydrogens (tertiary/aromatic N) is 2. The maximum absolute atomic E-state index is 13.7. The molecule has 428 valence electrons. The van der Waals surface area contributed by atoms with Crippen LogP contribution in [0.1, 0.15) is 186 Å². The van der Waals surface area contributed by atoms with Crippen LogP contribution in [0.2, 0.25) is 0 Å². The van der Waals surface area contributed by atoms with Gasteiger partial charge in [-0.3, -0.25) is 33.6 Å². The number of thioether (sulfide) groups is 1. The second kappa shape index (κ2) is 29.7. The Labute approximate surface area is 458 Å². The van der Waals surface area contributed by atoms with Crippen LogP contribution in [0.3, 0.4) is 0 Å². The molecule has 8 fully saturated rings. The number of rotatable bonds is 26. The van der Waals surface area contributed by atoms with Crippen LogP contribution in [0.5, 0.6) is 0 Å². The normalized spacial score (nSPS) is 31.4. The fourth-order valence-electron chi connectivity index (χ4n) is 15.3. The second-order valence-corrected chi connectivity index (χ2v) is 26.1. The summed E-state index contributed by atoms with van der Waals surface area (Å²) >= 11 is 1.20. The van der Waals surface area contributed by atoms with Gasteiger partial charge in [-0.1, -0.05) is 114 Å². The van der Waals surface area contributed by atoms with Crippen LogP contribution in [0.15, 0.2) is 0 Å². The van der Waals surface area contributed by atoms with Gasteiger partial charge in [0.15, 0.2) is 12.2 Å². The molecule has 0 bridgehead atoms. The minimum Gasteiger partial charge on any atom is -0.461 e. The minimum absolute atomic E-state index is 0.0308. The monoisotopic (exact) mass is 1080 g/mol. The Morgan fingerprint density at radius 3 is 0.947 bits per heavy atom. The molecule has 16 heteroatoms. The smallest absolute Gasteiger partial charge is 0.309 e. The molecule has 0 aromatic rings. The van der Waals surface area contributed by atoms with Crippen molar-refractivity contribution in [3.8, 4) is 0 Å². The van der Waals surface area contributed by atoms with Crippen molar-refractivity contribution in [3.63, 3.8) is 0 Å². The summed E-state index contributed by atoms with van der Waals surface area (Å²) in [5.41, 5.74) is 0. The summed E-state index contributed by atoms with van der Waals surface area (Å²) in [7, 11) is 3.97. The van der Waals surface area contributed by atoms with Crippen molar-refractivity contribution in [2.24, 2.45) is 71.0 Å². The molecule has 0 heterocycles. The summed E-state index contributed by atoms with van der Waals surface area (Å²) in [4.78, 5) is 98.1. The van der Waals surface area contributed by atoms with Crippen LogP contribution >= 0.6 is 11.8 Å². The summed E-state index contributed by atoms with van der Waals surface area (Å²) in [5.74, 6) is 2.15. The first-order chi connectivity index (χ1) is 36.8. The third-order valence-electron chi connectivity index (χ3n) is 19.4. The molecule has 8 rings (SSSR count). The zero-order chi connectivity index (χ0) is 53.4. The number of carbonyl (C=O) groups is 7. The number of carbonyl (C=O) groups excluding carboxylic acids is 7. The van der Waals surface area contributed by atoms with Crippen LogP contribution in [0, 0.1) is 71.0 Å². The molecule has 8 atom stereocenters. The van der Waals surface area contributed by atoms with Crippen LogP contribution < -0.4 is 0 Å². The zero-order valence-electron chi connectivity index (χ0n) is 46.4. The molecule has 8 aliphatic carbocycles. The third-order valence-corrected chi connectivity index (χ3v) is 20.4. The first-order valence-corrected chi connectivity index (χ1v) is 31.5. The Hall–Kier alpha value is -3.40. The molecule has 8 aliphatic rings. The topological polar surface area (TPSA) is 181 Å². The molecule has 15 nitrogen and oxygen atoms in total. The van der Waals surface area contributed by atoms with Gasteiger partial charge < -0.3 is 38.2 Å². The first-order valence-electron chi connectivity index (χ1n) is 30.5. The van der Waals surface area contributed by atoms with Gasteiger partial charge in [0.05, 0.1) is 23.7 Å². The van der Waals surface area contributed by atoms with Gasteiger partial charge >= 0.3 is 35.8 Å². The van der Waals surface area contributed by atoms with E-state index in [0.29, 0.717) is 53.1 Å². The van der Waals surface area contributed by atoms with Gasteiger partial charge in [0.1, 0.15) is 26.4 Å². The van der Waals surface area contributed by atoms with Crippen molar-refractivity contribution < 1.29 is 62.0 Å². The van der Waals surface area contributed by atoms with E-state index < -0.39 is 24.1 Å². The minimum atomic E-state index is -0.960. The van der Waals surface area contributed by atoms with Crippen molar-refractivity contribution in [1.29, 1.82) is 0 Å². The summed E-state index contributed by atoms with van der Waals surface area (Å²) in [6.45, 7) is 0.495. The van der Waals surface area contributed by atoms with E-state index in [1.165, 1.54) is 63.1 Å². The largest absolute Gasteiger partial charge is 0.461 e. The number of esters is 6. The number of fused-ring (bicyclic) bond motifs is 4. The summed E-state index contributed by atoms with van der Waals surface area (Å²) in [5, 5.41) is -0.161. The Morgan fingerprint density at radius 1 is 0.408 bits per heavy atom. The molecule has 0 aliphatic heterocycles. The standard InChI is InChI=1S/C60H94N2O13S/c1-61(2)24-13-27-76-60(69)62(25-11-22-54(63)74-52(36-70-56(65)48-28-40-14-3-4-15-41(40)29-48)37-71-57(66)49-30-42-16-5-6-17-43(42)31-49)26-12-23-55(64)75-53(38-72-58(67)50-32-44-18-7-8-19-45(44)33-50)39-73-59(68)51-34-46-20-9-10-21-47(46)35-51/h40-53H,3-39H2,1-2H3. The highest BCUT2D eigenvalue weighted by molar-refractivity contribution is 8.13. The van der Waals surface area contributed by atoms with Crippen LogP contribution in [0.4, 0.5) is 4.79 Å². The molecule has 8 unspecified atom stereocenters. The van der Waals surface area contributed by atoms with E-state index in [9.17, 15) is 33.6 Å². The molecule has 0 N–H and O–H groups in total. The Kier molecular flexibility index (Phi) is 23.0. The fourth-order valence-corrected chi connectivity index (χ4v) is 16.2. The summed E-state index contributed by atoms with van der Waals surface area (Å²) < 4.78 is 35.1. The van der Waals surface area contributed by atoms with E-state index in [2.05, 4.69) is 4.90 Å². The van der Waals surface area contributed by atoms with Crippen molar-refractivity contribution >= 4 is 52.8 Å². The fraction of sp³-hybridized carbons (Fsp3) is 0.883. The Balaban J connectivity index is 0.824. The highest BCUT2D eigenvalue weighted by atomic mass is 32.2. The average molecular weight is 1080 g/mol. The average Bonchev–Trinajstić information content (AvgIpc) is 4.26. The van der Waals surface area contributed by atoms with Crippen LogP contribution in [-0.2, 0) is 57.2 Å². The lowest BCUT2D eigenvalue weighted by molar-refractivity contribution is -0.169. The van der Waals surface area contributed by atoms with Crippen LogP contribution in [-0.4, -0.2) is 129 Å². The molecule has 0 spiro atoms. The van der Waals surface area contributed by atoms with Gasteiger partial charge in [-0.2, -0.15) is 0 Å². The highest BCUT2D eigenvalue weighted by Crippen LogP contribution is 2.48. The zero-order valence-corrected chi connectivity index (χ0v) is 47.2. The lowest BCUT2D eigenvalue weighted by Crippen LogP contribution is -2.34. The highest BCUT2D eigenvalue weighted by Gasteiger charge is 2.44. The van der Waals surface area contributed by atoms with E-state index in [4.69, 9.17) is 28.4 Å². The van der Waals surface area contributed by atoms with E-state index in [0.717, 1.165) is 116 Å². The molecular formula is C60H94N2O13S. The number of hydrogen-bond acceptors (Lipinski definition) is 15. The van der Waals surface area contributed by atoms with Gasteiger partial charge in [-0.15, -0.1) is 0 Å². The van der Waals surface area contributed by atoms with Crippen molar-refractivity contribution in [3.05, 3.63) is 0 Å². The second-order valence-electron chi connectivity index (χ2n) is 25.1.